The fourth-order valence-corrected chi connectivity index (χ4v) is 2.36. The first-order valence-electron chi connectivity index (χ1n) is 9.09. The molecule has 144 valence electrons. The van der Waals surface area contributed by atoms with Gasteiger partial charge in [-0.2, -0.15) is 0 Å². The smallest absolute Gasteiger partial charge is 0.338 e. The molecule has 0 fully saturated rings. The molecule has 0 heterocycles. The van der Waals surface area contributed by atoms with Gasteiger partial charge in [0.15, 0.2) is 6.10 Å². The van der Waals surface area contributed by atoms with Crippen LogP contribution >= 0.6 is 0 Å². The zero-order chi connectivity index (χ0) is 20.0. The van der Waals surface area contributed by atoms with E-state index in [1.165, 1.54) is 0 Å². The molecular weight excluding hydrogens is 342 g/mol. The third kappa shape index (κ3) is 5.84. The minimum atomic E-state index is -0.652. The molecule has 1 N–H and O–H groups in total. The summed E-state index contributed by atoms with van der Waals surface area (Å²) in [4.78, 5) is 24.3. The topological polar surface area (TPSA) is 64.6 Å². The van der Waals surface area contributed by atoms with Gasteiger partial charge in [0.05, 0.1) is 12.2 Å². The Morgan fingerprint density at radius 3 is 2.30 bits per heavy atom. The van der Waals surface area contributed by atoms with E-state index in [-0.39, 0.29) is 17.8 Å². The average Bonchev–Trinajstić information content (AvgIpc) is 2.64. The van der Waals surface area contributed by atoms with Gasteiger partial charge in [-0.3, -0.25) is 4.79 Å². The number of amides is 1. The third-order valence-electron chi connectivity index (χ3n) is 4.16. The van der Waals surface area contributed by atoms with Gasteiger partial charge in [0.1, 0.15) is 5.75 Å². The lowest BCUT2D eigenvalue weighted by Crippen LogP contribution is -2.30. The molecule has 0 aliphatic heterocycles. The Morgan fingerprint density at radius 2 is 1.67 bits per heavy atom. The van der Waals surface area contributed by atoms with Crippen LogP contribution in [0.3, 0.4) is 0 Å². The first kappa shape index (κ1) is 20.5. The van der Waals surface area contributed by atoms with Crippen molar-refractivity contribution in [3.63, 3.8) is 0 Å². The summed E-state index contributed by atoms with van der Waals surface area (Å²) < 4.78 is 11.0. The summed E-state index contributed by atoms with van der Waals surface area (Å²) in [5.74, 6) is 0.353. The highest BCUT2D eigenvalue weighted by Gasteiger charge is 2.16. The van der Waals surface area contributed by atoms with E-state index in [1.54, 1.807) is 31.2 Å². The standard InChI is InChI=1S/C22H27NO4/c1-14(2)13-26-22(25)18-9-11-19(12-10-18)23-21(24)17(5)27-20-8-6-7-15(3)16(20)4/h6-12,14,17H,13H2,1-5H3,(H,23,24). The number of nitrogens with one attached hydrogen (secondary N) is 1. The van der Waals surface area contributed by atoms with Crippen LogP contribution in [-0.2, 0) is 9.53 Å². The van der Waals surface area contributed by atoms with Crippen LogP contribution < -0.4 is 10.1 Å². The highest BCUT2D eigenvalue weighted by Crippen LogP contribution is 2.22. The van der Waals surface area contributed by atoms with E-state index < -0.39 is 6.10 Å². The van der Waals surface area contributed by atoms with E-state index in [2.05, 4.69) is 5.32 Å². The number of benzene rings is 2. The maximum atomic E-state index is 12.4. The first-order chi connectivity index (χ1) is 12.8. The van der Waals surface area contributed by atoms with Crippen LogP contribution in [0.25, 0.3) is 0 Å². The summed E-state index contributed by atoms with van der Waals surface area (Å²) in [6.07, 6.45) is -0.652. The summed E-state index contributed by atoms with van der Waals surface area (Å²) in [5, 5.41) is 2.80. The molecule has 1 amide bonds. The number of carbonyl (C=O) groups excluding carboxylic acids is 2. The fourth-order valence-electron chi connectivity index (χ4n) is 2.36. The van der Waals surface area contributed by atoms with Gasteiger partial charge in [0.2, 0.25) is 0 Å². The van der Waals surface area contributed by atoms with Crippen LogP contribution in [0, 0.1) is 19.8 Å². The number of rotatable bonds is 7. The van der Waals surface area contributed by atoms with Crippen LogP contribution in [0.4, 0.5) is 5.69 Å². The predicted octanol–water partition coefficient (Wildman–Crippen LogP) is 4.52. The molecule has 0 saturated heterocycles. The van der Waals surface area contributed by atoms with E-state index in [4.69, 9.17) is 9.47 Å². The van der Waals surface area contributed by atoms with E-state index >= 15 is 0 Å². The van der Waals surface area contributed by atoms with Crippen molar-refractivity contribution in [3.05, 3.63) is 59.2 Å². The molecular formula is C22H27NO4. The molecule has 5 nitrogen and oxygen atoms in total. The number of aryl methyl sites for hydroxylation is 1. The molecule has 1 atom stereocenters. The molecule has 2 aromatic rings. The van der Waals surface area contributed by atoms with Crippen molar-refractivity contribution in [1.29, 1.82) is 0 Å². The largest absolute Gasteiger partial charge is 0.481 e. The van der Waals surface area contributed by atoms with Gasteiger partial charge in [-0.15, -0.1) is 0 Å². The van der Waals surface area contributed by atoms with Crippen molar-refractivity contribution in [2.24, 2.45) is 5.92 Å². The molecule has 0 bridgehead atoms. The lowest BCUT2D eigenvalue weighted by molar-refractivity contribution is -0.122. The third-order valence-corrected chi connectivity index (χ3v) is 4.16. The summed E-state index contributed by atoms with van der Waals surface area (Å²) in [7, 11) is 0. The Labute approximate surface area is 160 Å². The zero-order valence-corrected chi connectivity index (χ0v) is 16.5. The van der Waals surface area contributed by atoms with Crippen molar-refractivity contribution in [3.8, 4) is 5.75 Å². The summed E-state index contributed by atoms with van der Waals surface area (Å²) in [6.45, 7) is 10.0. The minimum absolute atomic E-state index is 0.258. The molecule has 0 aliphatic rings. The molecule has 2 aromatic carbocycles. The van der Waals surface area contributed by atoms with E-state index in [0.29, 0.717) is 23.6 Å². The van der Waals surface area contributed by atoms with E-state index in [0.717, 1.165) is 11.1 Å². The maximum Gasteiger partial charge on any atom is 0.338 e. The van der Waals surface area contributed by atoms with Crippen LogP contribution in [0.1, 0.15) is 42.3 Å². The van der Waals surface area contributed by atoms with Crippen LogP contribution in [0.15, 0.2) is 42.5 Å². The molecule has 0 spiro atoms. The second-order valence-electron chi connectivity index (χ2n) is 7.02. The Morgan fingerprint density at radius 1 is 1.00 bits per heavy atom. The Kier molecular flexibility index (Phi) is 6.99. The number of carbonyl (C=O) groups is 2. The van der Waals surface area contributed by atoms with Gasteiger partial charge in [0.25, 0.3) is 5.91 Å². The number of hydrogen-bond acceptors (Lipinski definition) is 4. The molecule has 0 aliphatic carbocycles. The quantitative estimate of drug-likeness (QED) is 0.729. The first-order valence-corrected chi connectivity index (χ1v) is 9.09. The lowest BCUT2D eigenvalue weighted by Gasteiger charge is -2.17. The van der Waals surface area contributed by atoms with Crippen LogP contribution in [0.2, 0.25) is 0 Å². The fraction of sp³-hybridized carbons (Fsp3) is 0.364. The normalized spacial score (nSPS) is 11.8. The van der Waals surface area contributed by atoms with Crippen molar-refractivity contribution in [2.75, 3.05) is 11.9 Å². The van der Waals surface area contributed by atoms with Gasteiger partial charge < -0.3 is 14.8 Å². The van der Waals surface area contributed by atoms with E-state index in [9.17, 15) is 9.59 Å². The van der Waals surface area contributed by atoms with E-state index in [1.807, 2.05) is 45.9 Å². The molecule has 2 rings (SSSR count). The maximum absolute atomic E-state index is 12.4. The minimum Gasteiger partial charge on any atom is -0.481 e. The van der Waals surface area contributed by atoms with Gasteiger partial charge in [-0.05, 0) is 68.1 Å². The Balaban J connectivity index is 1.95. The average molecular weight is 369 g/mol. The van der Waals surface area contributed by atoms with Gasteiger partial charge in [-0.25, -0.2) is 4.79 Å². The summed E-state index contributed by atoms with van der Waals surface area (Å²) in [5.41, 5.74) is 3.17. The number of ether oxygens (including phenoxy) is 2. The highest BCUT2D eigenvalue weighted by atomic mass is 16.5. The summed E-state index contributed by atoms with van der Waals surface area (Å²) in [6, 6.07) is 12.4. The number of esters is 1. The van der Waals surface area contributed by atoms with Gasteiger partial charge in [-0.1, -0.05) is 26.0 Å². The second kappa shape index (κ2) is 9.21. The van der Waals surface area contributed by atoms with Crippen molar-refractivity contribution >= 4 is 17.6 Å². The van der Waals surface area contributed by atoms with Gasteiger partial charge in [0, 0.05) is 5.69 Å². The Hall–Kier alpha value is -2.82. The van der Waals surface area contributed by atoms with Crippen LogP contribution in [-0.4, -0.2) is 24.6 Å². The van der Waals surface area contributed by atoms with Crippen molar-refractivity contribution in [2.45, 2.75) is 40.7 Å². The molecule has 0 radical (unpaired) electrons. The molecule has 27 heavy (non-hydrogen) atoms. The lowest BCUT2D eigenvalue weighted by atomic mass is 10.1. The molecule has 0 aromatic heterocycles. The predicted molar refractivity (Wildman–Crippen MR) is 106 cm³/mol. The van der Waals surface area contributed by atoms with Crippen molar-refractivity contribution < 1.29 is 19.1 Å². The zero-order valence-electron chi connectivity index (χ0n) is 16.5. The van der Waals surface area contributed by atoms with Crippen molar-refractivity contribution in [1.82, 2.24) is 0 Å². The number of anilines is 1. The highest BCUT2D eigenvalue weighted by molar-refractivity contribution is 5.95. The molecule has 1 unspecified atom stereocenters. The van der Waals surface area contributed by atoms with Crippen LogP contribution in [0.5, 0.6) is 5.75 Å². The second-order valence-corrected chi connectivity index (χ2v) is 7.02. The number of hydrogen-bond donors (Lipinski definition) is 1. The SMILES string of the molecule is Cc1cccc(OC(C)C(=O)Nc2ccc(C(=O)OCC(C)C)cc2)c1C. The Bertz CT molecular complexity index is 796. The van der Waals surface area contributed by atoms with Gasteiger partial charge >= 0.3 is 5.97 Å². The molecule has 0 saturated carbocycles. The monoisotopic (exact) mass is 369 g/mol. The molecule has 5 heteroatoms. The summed E-state index contributed by atoms with van der Waals surface area (Å²) >= 11 is 0.